The maximum absolute atomic E-state index is 12.3. The van der Waals surface area contributed by atoms with Crippen LogP contribution in [0.2, 0.25) is 0 Å². The van der Waals surface area contributed by atoms with Crippen molar-refractivity contribution in [2.24, 2.45) is 0 Å². The number of nitrogens with one attached hydrogen (secondary N) is 1. The third-order valence-electron chi connectivity index (χ3n) is 2.87. The average molecular weight is 249 g/mol. The lowest BCUT2D eigenvalue weighted by Gasteiger charge is -2.20. The highest BCUT2D eigenvalue weighted by atomic mass is 16.2. The summed E-state index contributed by atoms with van der Waals surface area (Å²) in [6.45, 7) is 1.76. The molecular weight excluding hydrogens is 226 g/mol. The zero-order valence-electron chi connectivity index (χ0n) is 11.7. The topological polar surface area (TPSA) is 35.6 Å². The smallest absolute Gasteiger partial charge is 0.255 e. The van der Waals surface area contributed by atoms with E-state index >= 15 is 0 Å². The van der Waals surface area contributed by atoms with Crippen LogP contribution in [-0.2, 0) is 0 Å². The van der Waals surface area contributed by atoms with E-state index in [1.54, 1.807) is 4.90 Å². The van der Waals surface area contributed by atoms with Crippen molar-refractivity contribution in [1.82, 2.24) is 9.80 Å². The number of carbonyl (C=O) groups excluding carboxylic acids is 1. The van der Waals surface area contributed by atoms with Crippen LogP contribution in [0, 0.1) is 0 Å². The molecule has 1 amide bonds. The summed E-state index contributed by atoms with van der Waals surface area (Å²) in [5, 5.41) is 3.05. The molecule has 18 heavy (non-hydrogen) atoms. The number of hydrogen-bond donors (Lipinski definition) is 1. The van der Waals surface area contributed by atoms with Gasteiger partial charge in [-0.2, -0.15) is 0 Å². The molecule has 0 aliphatic carbocycles. The summed E-state index contributed by atoms with van der Waals surface area (Å²) in [4.78, 5) is 16.2. The second-order valence-corrected chi connectivity index (χ2v) is 4.68. The molecule has 0 saturated heterocycles. The third-order valence-corrected chi connectivity index (χ3v) is 2.87. The van der Waals surface area contributed by atoms with E-state index in [9.17, 15) is 4.79 Å². The molecule has 0 fully saturated rings. The fraction of sp³-hybridized carbons (Fsp3) is 0.500. The maximum atomic E-state index is 12.3. The monoisotopic (exact) mass is 249 g/mol. The number of anilines is 1. The van der Waals surface area contributed by atoms with Crippen LogP contribution >= 0.6 is 0 Å². The highest BCUT2D eigenvalue weighted by Crippen LogP contribution is 2.16. The van der Waals surface area contributed by atoms with Crippen LogP contribution in [0.25, 0.3) is 0 Å². The lowest BCUT2D eigenvalue weighted by molar-refractivity contribution is 0.0791. The van der Waals surface area contributed by atoms with E-state index in [0.29, 0.717) is 0 Å². The van der Waals surface area contributed by atoms with Crippen LogP contribution in [0.15, 0.2) is 24.3 Å². The largest absolute Gasteiger partial charge is 0.387 e. The van der Waals surface area contributed by atoms with Crippen molar-refractivity contribution in [3.05, 3.63) is 29.8 Å². The first-order valence-electron chi connectivity index (χ1n) is 6.23. The summed E-state index contributed by atoms with van der Waals surface area (Å²) >= 11 is 0. The molecule has 1 N–H and O–H groups in total. The van der Waals surface area contributed by atoms with Crippen LogP contribution in [0.5, 0.6) is 0 Å². The summed E-state index contributed by atoms with van der Waals surface area (Å²) in [6, 6.07) is 7.59. The Morgan fingerprint density at radius 3 is 2.44 bits per heavy atom. The van der Waals surface area contributed by atoms with Gasteiger partial charge < -0.3 is 15.1 Å². The van der Waals surface area contributed by atoms with Crippen LogP contribution in [0.1, 0.15) is 16.8 Å². The number of amides is 1. The summed E-state index contributed by atoms with van der Waals surface area (Å²) in [5.41, 5.74) is 1.61. The fourth-order valence-electron chi connectivity index (χ4n) is 1.82. The number of para-hydroxylation sites is 1. The van der Waals surface area contributed by atoms with Crippen molar-refractivity contribution >= 4 is 11.6 Å². The Hall–Kier alpha value is -1.55. The molecule has 0 aliphatic heterocycles. The quantitative estimate of drug-likeness (QED) is 0.834. The summed E-state index contributed by atoms with van der Waals surface area (Å²) in [6.07, 6.45) is 0.983. The van der Waals surface area contributed by atoms with Gasteiger partial charge in [0, 0.05) is 26.3 Å². The Balaban J connectivity index is 2.62. The molecule has 1 aromatic rings. The number of carbonyl (C=O) groups is 1. The van der Waals surface area contributed by atoms with Gasteiger partial charge in [-0.25, -0.2) is 0 Å². The highest BCUT2D eigenvalue weighted by Gasteiger charge is 2.14. The Morgan fingerprint density at radius 2 is 1.83 bits per heavy atom. The van der Waals surface area contributed by atoms with Gasteiger partial charge in [-0.1, -0.05) is 12.1 Å². The maximum Gasteiger partial charge on any atom is 0.255 e. The van der Waals surface area contributed by atoms with Crippen LogP contribution in [-0.4, -0.2) is 57.0 Å². The molecule has 0 aromatic heterocycles. The van der Waals surface area contributed by atoms with E-state index < -0.39 is 0 Å². The van der Waals surface area contributed by atoms with E-state index in [0.717, 1.165) is 30.8 Å². The molecule has 0 atom stereocenters. The number of nitrogens with zero attached hydrogens (tertiary/aromatic N) is 2. The Kier molecular flexibility index (Phi) is 5.65. The van der Waals surface area contributed by atoms with Gasteiger partial charge >= 0.3 is 0 Å². The molecule has 0 unspecified atom stereocenters. The van der Waals surface area contributed by atoms with Crippen molar-refractivity contribution in [1.29, 1.82) is 0 Å². The molecular formula is C14H23N3O. The third kappa shape index (κ3) is 4.04. The Morgan fingerprint density at radius 1 is 1.17 bits per heavy atom. The highest BCUT2D eigenvalue weighted by molar-refractivity contribution is 5.99. The summed E-state index contributed by atoms with van der Waals surface area (Å²) in [7, 11) is 7.76. The lowest BCUT2D eigenvalue weighted by Crippen LogP contribution is -2.30. The van der Waals surface area contributed by atoms with Gasteiger partial charge in [0.1, 0.15) is 0 Å². The standard InChI is InChI=1S/C14H23N3O/c1-15-13-9-6-5-8-12(13)14(18)17(4)11-7-10-16(2)3/h5-6,8-9,15H,7,10-11H2,1-4H3. The Labute approximate surface area is 110 Å². The predicted molar refractivity (Wildman–Crippen MR) is 76.1 cm³/mol. The first-order valence-corrected chi connectivity index (χ1v) is 6.23. The van der Waals surface area contributed by atoms with Gasteiger partial charge in [0.15, 0.2) is 0 Å². The van der Waals surface area contributed by atoms with Crippen molar-refractivity contribution < 1.29 is 4.79 Å². The molecule has 0 bridgehead atoms. The summed E-state index contributed by atoms with van der Waals surface area (Å²) < 4.78 is 0. The minimum absolute atomic E-state index is 0.0682. The van der Waals surface area contributed by atoms with Gasteiger partial charge in [0.25, 0.3) is 5.91 Å². The molecule has 0 saturated carbocycles. The van der Waals surface area contributed by atoms with E-state index in [-0.39, 0.29) is 5.91 Å². The van der Waals surface area contributed by atoms with E-state index in [2.05, 4.69) is 10.2 Å². The minimum Gasteiger partial charge on any atom is -0.387 e. The number of rotatable bonds is 6. The second-order valence-electron chi connectivity index (χ2n) is 4.68. The molecule has 4 heteroatoms. The van der Waals surface area contributed by atoms with Crippen LogP contribution in [0.4, 0.5) is 5.69 Å². The SMILES string of the molecule is CNc1ccccc1C(=O)N(C)CCCN(C)C. The lowest BCUT2D eigenvalue weighted by atomic mass is 10.1. The second kappa shape index (κ2) is 7.01. The molecule has 0 heterocycles. The molecule has 0 aliphatic rings. The molecule has 1 rings (SSSR count). The average Bonchev–Trinajstić information content (AvgIpc) is 2.37. The van der Waals surface area contributed by atoms with Gasteiger partial charge in [0.2, 0.25) is 0 Å². The number of hydrogen-bond acceptors (Lipinski definition) is 3. The normalized spacial score (nSPS) is 10.5. The number of benzene rings is 1. The van der Waals surface area contributed by atoms with Gasteiger partial charge in [-0.3, -0.25) is 4.79 Å². The van der Waals surface area contributed by atoms with Gasteiger partial charge in [-0.15, -0.1) is 0 Å². The van der Waals surface area contributed by atoms with Gasteiger partial charge in [0.05, 0.1) is 5.56 Å². The van der Waals surface area contributed by atoms with Crippen molar-refractivity contribution in [3.63, 3.8) is 0 Å². The van der Waals surface area contributed by atoms with E-state index in [1.807, 2.05) is 52.5 Å². The molecule has 100 valence electrons. The first kappa shape index (κ1) is 14.5. The fourth-order valence-corrected chi connectivity index (χ4v) is 1.82. The predicted octanol–water partition coefficient (Wildman–Crippen LogP) is 1.75. The first-order chi connectivity index (χ1) is 8.56. The summed E-state index contributed by atoms with van der Waals surface area (Å²) in [5.74, 6) is 0.0682. The van der Waals surface area contributed by atoms with Crippen LogP contribution in [0.3, 0.4) is 0 Å². The zero-order valence-corrected chi connectivity index (χ0v) is 11.7. The van der Waals surface area contributed by atoms with Crippen molar-refractivity contribution in [2.75, 3.05) is 46.6 Å². The van der Waals surface area contributed by atoms with Crippen molar-refractivity contribution in [2.45, 2.75) is 6.42 Å². The molecule has 0 radical (unpaired) electrons. The van der Waals surface area contributed by atoms with Crippen LogP contribution < -0.4 is 5.32 Å². The molecule has 1 aromatic carbocycles. The Bertz CT molecular complexity index is 390. The van der Waals surface area contributed by atoms with Gasteiger partial charge in [-0.05, 0) is 39.2 Å². The van der Waals surface area contributed by atoms with E-state index in [1.165, 1.54) is 0 Å². The van der Waals surface area contributed by atoms with E-state index in [4.69, 9.17) is 0 Å². The zero-order chi connectivity index (χ0) is 13.5. The minimum atomic E-state index is 0.0682. The molecule has 0 spiro atoms. The van der Waals surface area contributed by atoms with Crippen molar-refractivity contribution in [3.8, 4) is 0 Å². The molecule has 4 nitrogen and oxygen atoms in total.